The van der Waals surface area contributed by atoms with Gasteiger partial charge in [-0.15, -0.1) is 0 Å². The number of benzene rings is 1. The fourth-order valence-electron chi connectivity index (χ4n) is 3.66. The molecule has 2 heterocycles. The molecule has 0 spiro atoms. The minimum absolute atomic E-state index is 0.00856. The van der Waals surface area contributed by atoms with Gasteiger partial charge in [-0.25, -0.2) is 0 Å². The molecule has 1 aromatic rings. The molecule has 2 saturated heterocycles. The minimum atomic E-state index is -0.337. The molecule has 2 aliphatic rings. The van der Waals surface area contributed by atoms with Crippen molar-refractivity contribution in [1.29, 1.82) is 0 Å². The van der Waals surface area contributed by atoms with Crippen LogP contribution in [0.15, 0.2) is 24.3 Å². The first-order chi connectivity index (χ1) is 12.5. The quantitative estimate of drug-likeness (QED) is 0.807. The number of ether oxygens (including phenoxy) is 1. The van der Waals surface area contributed by atoms with Gasteiger partial charge in [0.2, 0.25) is 11.8 Å². The Hall–Kier alpha value is -2.57. The van der Waals surface area contributed by atoms with Crippen LogP contribution in [0.4, 0.5) is 0 Å². The highest BCUT2D eigenvalue weighted by Crippen LogP contribution is 2.21. The fourth-order valence-corrected chi connectivity index (χ4v) is 3.66. The van der Waals surface area contributed by atoms with E-state index in [0.717, 1.165) is 12.8 Å². The number of carbonyl (C=O) groups is 3. The van der Waals surface area contributed by atoms with E-state index < -0.39 is 0 Å². The molecule has 3 amide bonds. The van der Waals surface area contributed by atoms with Crippen LogP contribution in [0.25, 0.3) is 0 Å². The smallest absolute Gasteiger partial charge is 0.253 e. The zero-order valence-electron chi connectivity index (χ0n) is 15.3. The van der Waals surface area contributed by atoms with Gasteiger partial charge < -0.3 is 19.4 Å². The maximum atomic E-state index is 12.7. The lowest BCUT2D eigenvalue weighted by atomic mass is 10.1. The number of likely N-dealkylation sites (tertiary alicyclic amines) is 1. The van der Waals surface area contributed by atoms with Gasteiger partial charge in [-0.3, -0.25) is 14.4 Å². The number of methoxy groups -OCH3 is 1. The van der Waals surface area contributed by atoms with Crippen LogP contribution in [0, 0.1) is 0 Å². The van der Waals surface area contributed by atoms with Gasteiger partial charge in [-0.1, -0.05) is 0 Å². The Kier molecular flexibility index (Phi) is 5.44. The van der Waals surface area contributed by atoms with Crippen molar-refractivity contribution in [2.24, 2.45) is 0 Å². The molecular weight excluding hydrogens is 334 g/mol. The van der Waals surface area contributed by atoms with Crippen LogP contribution in [0.5, 0.6) is 5.75 Å². The molecule has 2 fully saturated rings. The molecule has 0 saturated carbocycles. The van der Waals surface area contributed by atoms with Gasteiger partial charge in [-0.05, 0) is 37.1 Å². The second-order valence-electron chi connectivity index (χ2n) is 6.72. The van der Waals surface area contributed by atoms with E-state index in [4.69, 9.17) is 4.74 Å². The predicted octanol–water partition coefficient (Wildman–Crippen LogP) is 0.990. The third-order valence-electron chi connectivity index (χ3n) is 5.16. The summed E-state index contributed by atoms with van der Waals surface area (Å²) in [6, 6.07) is 6.70. The summed E-state index contributed by atoms with van der Waals surface area (Å²) in [7, 11) is 1.59. The minimum Gasteiger partial charge on any atom is -0.497 e. The number of amides is 3. The molecule has 0 bridgehead atoms. The summed E-state index contributed by atoms with van der Waals surface area (Å²) in [6.45, 7) is 4.18. The Labute approximate surface area is 153 Å². The van der Waals surface area contributed by atoms with Crippen LogP contribution in [0.3, 0.4) is 0 Å². The molecule has 7 heteroatoms. The molecule has 0 aliphatic carbocycles. The van der Waals surface area contributed by atoms with Gasteiger partial charge in [0.15, 0.2) is 0 Å². The van der Waals surface area contributed by atoms with Crippen LogP contribution in [-0.2, 0) is 9.59 Å². The number of hydrogen-bond acceptors (Lipinski definition) is 4. The van der Waals surface area contributed by atoms with Crippen molar-refractivity contribution in [2.75, 3.05) is 39.8 Å². The number of piperazine rings is 1. The first kappa shape index (κ1) is 18.2. The van der Waals surface area contributed by atoms with E-state index in [1.807, 2.05) is 0 Å². The fraction of sp³-hybridized carbons (Fsp3) is 0.526. The average molecular weight is 359 g/mol. The van der Waals surface area contributed by atoms with E-state index in [1.165, 1.54) is 6.92 Å². The van der Waals surface area contributed by atoms with E-state index in [-0.39, 0.29) is 23.8 Å². The van der Waals surface area contributed by atoms with Crippen LogP contribution in [-0.4, -0.2) is 78.3 Å². The van der Waals surface area contributed by atoms with Crippen molar-refractivity contribution in [3.8, 4) is 5.75 Å². The monoisotopic (exact) mass is 359 g/mol. The summed E-state index contributed by atoms with van der Waals surface area (Å²) in [5, 5.41) is 0. The molecule has 26 heavy (non-hydrogen) atoms. The highest BCUT2D eigenvalue weighted by atomic mass is 16.5. The van der Waals surface area contributed by atoms with Crippen LogP contribution in [0.2, 0.25) is 0 Å². The Morgan fingerprint density at radius 2 is 1.58 bits per heavy atom. The molecule has 0 radical (unpaired) electrons. The van der Waals surface area contributed by atoms with E-state index in [9.17, 15) is 14.4 Å². The lowest BCUT2D eigenvalue weighted by molar-refractivity contribution is -0.143. The molecule has 0 unspecified atom stereocenters. The highest BCUT2D eigenvalue weighted by Gasteiger charge is 2.36. The molecule has 1 atom stereocenters. The van der Waals surface area contributed by atoms with Crippen LogP contribution in [0.1, 0.15) is 30.1 Å². The van der Waals surface area contributed by atoms with E-state index in [1.54, 1.807) is 46.1 Å². The molecule has 2 aliphatic heterocycles. The number of rotatable bonds is 3. The largest absolute Gasteiger partial charge is 0.497 e. The lowest BCUT2D eigenvalue weighted by Crippen LogP contribution is -2.55. The van der Waals surface area contributed by atoms with Gasteiger partial charge >= 0.3 is 0 Å². The topological polar surface area (TPSA) is 70.2 Å². The average Bonchev–Trinajstić information content (AvgIpc) is 3.17. The summed E-state index contributed by atoms with van der Waals surface area (Å²) in [5.41, 5.74) is 0.615. The van der Waals surface area contributed by atoms with E-state index in [0.29, 0.717) is 44.0 Å². The molecule has 7 nitrogen and oxygen atoms in total. The number of carbonyl (C=O) groups excluding carboxylic acids is 3. The summed E-state index contributed by atoms with van der Waals surface area (Å²) in [5.74, 6) is 0.637. The standard InChI is InChI=1S/C19H25N3O4/c1-14(23)22-9-3-4-17(22)19(25)21-12-10-20(11-13-21)18(24)15-5-7-16(26-2)8-6-15/h5-8,17H,3-4,9-13H2,1-2H3/t17-/m0/s1. The maximum Gasteiger partial charge on any atom is 0.253 e. The van der Waals surface area contributed by atoms with Gasteiger partial charge in [0.05, 0.1) is 7.11 Å². The number of nitrogens with zero attached hydrogens (tertiary/aromatic N) is 3. The van der Waals surface area contributed by atoms with Gasteiger partial charge in [0.1, 0.15) is 11.8 Å². The normalized spacial score (nSPS) is 20.2. The Morgan fingerprint density at radius 3 is 2.15 bits per heavy atom. The molecular formula is C19H25N3O4. The lowest BCUT2D eigenvalue weighted by Gasteiger charge is -2.37. The van der Waals surface area contributed by atoms with Gasteiger partial charge in [-0.2, -0.15) is 0 Å². The van der Waals surface area contributed by atoms with E-state index >= 15 is 0 Å². The molecule has 1 aromatic carbocycles. The second-order valence-corrected chi connectivity index (χ2v) is 6.72. The summed E-state index contributed by atoms with van der Waals surface area (Å²) in [4.78, 5) is 42.2. The third-order valence-corrected chi connectivity index (χ3v) is 5.16. The maximum absolute atomic E-state index is 12.7. The Balaban J connectivity index is 1.57. The summed E-state index contributed by atoms with van der Waals surface area (Å²) < 4.78 is 5.11. The zero-order chi connectivity index (χ0) is 18.7. The van der Waals surface area contributed by atoms with Crippen LogP contribution < -0.4 is 4.74 Å². The first-order valence-electron chi connectivity index (χ1n) is 9.00. The molecule has 3 rings (SSSR count). The van der Waals surface area contributed by atoms with Crippen LogP contribution >= 0.6 is 0 Å². The third kappa shape index (κ3) is 3.66. The van der Waals surface area contributed by atoms with Crippen molar-refractivity contribution in [3.05, 3.63) is 29.8 Å². The summed E-state index contributed by atoms with van der Waals surface area (Å²) in [6.07, 6.45) is 1.59. The Morgan fingerprint density at radius 1 is 0.962 bits per heavy atom. The van der Waals surface area contributed by atoms with Crippen molar-refractivity contribution < 1.29 is 19.1 Å². The first-order valence-corrected chi connectivity index (χ1v) is 9.00. The highest BCUT2D eigenvalue weighted by molar-refractivity contribution is 5.94. The van der Waals surface area contributed by atoms with Gasteiger partial charge in [0.25, 0.3) is 5.91 Å². The van der Waals surface area contributed by atoms with E-state index in [2.05, 4.69) is 0 Å². The Bertz CT molecular complexity index is 681. The van der Waals surface area contributed by atoms with Crippen molar-refractivity contribution >= 4 is 17.7 Å². The molecule has 140 valence electrons. The summed E-state index contributed by atoms with van der Waals surface area (Å²) >= 11 is 0. The number of hydrogen-bond donors (Lipinski definition) is 0. The van der Waals surface area contributed by atoms with Gasteiger partial charge in [0, 0.05) is 45.2 Å². The predicted molar refractivity (Wildman–Crippen MR) is 95.9 cm³/mol. The van der Waals surface area contributed by atoms with Crippen molar-refractivity contribution in [3.63, 3.8) is 0 Å². The second kappa shape index (κ2) is 7.76. The van der Waals surface area contributed by atoms with Crippen molar-refractivity contribution in [1.82, 2.24) is 14.7 Å². The molecule has 0 N–H and O–H groups in total. The van der Waals surface area contributed by atoms with Crippen molar-refractivity contribution in [2.45, 2.75) is 25.8 Å². The zero-order valence-corrected chi connectivity index (χ0v) is 15.3. The SMILES string of the molecule is COc1ccc(C(=O)N2CCN(C(=O)[C@@H]3CCCN3C(C)=O)CC2)cc1. The molecule has 0 aromatic heterocycles.